The summed E-state index contributed by atoms with van der Waals surface area (Å²) in [6.07, 6.45) is 0. The molecule has 0 saturated carbocycles. The standard InChI is InChI=1S/C8H6N4O2/c9-12-10-5-8(13)6-3-1-2-4-7(6)11-14/h1-4H,5H2. The fraction of sp³-hybridized carbons (Fsp3) is 0.125. The number of rotatable bonds is 4. The lowest BCUT2D eigenvalue weighted by molar-refractivity contribution is 0.100. The van der Waals surface area contributed by atoms with Crippen molar-refractivity contribution in [3.05, 3.63) is 45.2 Å². The third-order valence-electron chi connectivity index (χ3n) is 1.58. The molecule has 1 rings (SSSR count). The molecule has 0 aromatic heterocycles. The first kappa shape index (κ1) is 9.88. The topological polar surface area (TPSA) is 95.3 Å². The van der Waals surface area contributed by atoms with Crippen molar-refractivity contribution in [1.82, 2.24) is 0 Å². The number of benzene rings is 1. The summed E-state index contributed by atoms with van der Waals surface area (Å²) in [5.41, 5.74) is 8.25. The van der Waals surface area contributed by atoms with Crippen molar-refractivity contribution in [3.63, 3.8) is 0 Å². The van der Waals surface area contributed by atoms with Gasteiger partial charge in [-0.1, -0.05) is 17.2 Å². The minimum absolute atomic E-state index is 0.0608. The van der Waals surface area contributed by atoms with E-state index in [1.165, 1.54) is 12.1 Å². The zero-order valence-electron chi connectivity index (χ0n) is 7.12. The molecule has 0 aliphatic rings. The number of Topliss-reactive ketones (excluding diaryl/α,β-unsaturated/α-hetero) is 1. The fourth-order valence-electron chi connectivity index (χ4n) is 0.970. The van der Waals surface area contributed by atoms with Crippen LogP contribution in [-0.4, -0.2) is 12.3 Å². The Morgan fingerprint density at radius 2 is 2.14 bits per heavy atom. The molecule has 0 atom stereocenters. The highest BCUT2D eigenvalue weighted by molar-refractivity contribution is 6.01. The van der Waals surface area contributed by atoms with E-state index in [9.17, 15) is 9.70 Å². The van der Waals surface area contributed by atoms with Gasteiger partial charge in [0.25, 0.3) is 0 Å². The summed E-state index contributed by atoms with van der Waals surface area (Å²) in [6, 6.07) is 6.10. The second-order valence-electron chi connectivity index (χ2n) is 2.42. The lowest BCUT2D eigenvalue weighted by atomic mass is 10.1. The average Bonchev–Trinajstić information content (AvgIpc) is 2.25. The van der Waals surface area contributed by atoms with Crippen molar-refractivity contribution in [2.75, 3.05) is 6.54 Å². The van der Waals surface area contributed by atoms with Crippen LogP contribution in [0, 0.1) is 4.91 Å². The van der Waals surface area contributed by atoms with Crippen molar-refractivity contribution in [3.8, 4) is 0 Å². The van der Waals surface area contributed by atoms with E-state index < -0.39 is 5.78 Å². The molecule has 14 heavy (non-hydrogen) atoms. The second kappa shape index (κ2) is 4.74. The Morgan fingerprint density at radius 3 is 2.79 bits per heavy atom. The molecule has 0 amide bonds. The number of ketones is 1. The van der Waals surface area contributed by atoms with Gasteiger partial charge >= 0.3 is 0 Å². The summed E-state index contributed by atoms with van der Waals surface area (Å²) in [5.74, 6) is -0.419. The average molecular weight is 190 g/mol. The SMILES string of the molecule is [N-]=[N+]=NCC(=O)c1ccccc1N=O. The Balaban J connectivity index is 2.99. The van der Waals surface area contributed by atoms with E-state index in [-0.39, 0.29) is 17.8 Å². The first-order valence-corrected chi connectivity index (χ1v) is 3.76. The van der Waals surface area contributed by atoms with Crippen LogP contribution >= 0.6 is 0 Å². The lowest BCUT2D eigenvalue weighted by Crippen LogP contribution is -2.02. The van der Waals surface area contributed by atoms with Crippen LogP contribution in [0.4, 0.5) is 5.69 Å². The monoisotopic (exact) mass is 190 g/mol. The maximum atomic E-state index is 11.3. The highest BCUT2D eigenvalue weighted by Crippen LogP contribution is 2.18. The number of carbonyl (C=O) groups excluding carboxylic acids is 1. The summed E-state index contributed by atoms with van der Waals surface area (Å²) in [6.45, 7) is -0.303. The van der Waals surface area contributed by atoms with Crippen molar-refractivity contribution in [2.24, 2.45) is 10.3 Å². The molecule has 0 saturated heterocycles. The molecule has 0 bridgehead atoms. The molecule has 0 heterocycles. The quantitative estimate of drug-likeness (QED) is 0.240. The number of azide groups is 1. The predicted octanol–water partition coefficient (Wildman–Crippen LogP) is 2.58. The number of nitrogens with zero attached hydrogens (tertiary/aromatic N) is 4. The van der Waals surface area contributed by atoms with Crippen molar-refractivity contribution >= 4 is 11.5 Å². The largest absolute Gasteiger partial charge is 0.294 e. The molecule has 0 unspecified atom stereocenters. The van der Waals surface area contributed by atoms with E-state index in [1.54, 1.807) is 12.1 Å². The Labute approximate surface area is 79.2 Å². The molecular formula is C8H6N4O2. The first-order valence-electron chi connectivity index (χ1n) is 3.76. The summed E-state index contributed by atoms with van der Waals surface area (Å²) in [5, 5.41) is 5.80. The van der Waals surface area contributed by atoms with E-state index in [0.29, 0.717) is 0 Å². The summed E-state index contributed by atoms with van der Waals surface area (Å²) in [7, 11) is 0. The van der Waals surface area contributed by atoms with Gasteiger partial charge in [0.15, 0.2) is 5.78 Å². The van der Waals surface area contributed by atoms with Crippen molar-refractivity contribution < 1.29 is 4.79 Å². The molecule has 1 aromatic rings. The highest BCUT2D eigenvalue weighted by Gasteiger charge is 2.09. The molecule has 0 aliphatic carbocycles. The van der Waals surface area contributed by atoms with Gasteiger partial charge < -0.3 is 0 Å². The van der Waals surface area contributed by atoms with Crippen molar-refractivity contribution in [2.45, 2.75) is 0 Å². The fourth-order valence-corrected chi connectivity index (χ4v) is 0.970. The van der Waals surface area contributed by atoms with Gasteiger partial charge in [-0.05, 0) is 22.8 Å². The van der Waals surface area contributed by atoms with Crippen LogP contribution < -0.4 is 0 Å². The molecule has 6 heteroatoms. The zero-order chi connectivity index (χ0) is 10.4. The molecule has 0 fully saturated rings. The van der Waals surface area contributed by atoms with Crippen LogP contribution in [-0.2, 0) is 0 Å². The minimum Gasteiger partial charge on any atom is -0.294 e. The van der Waals surface area contributed by atoms with Crippen molar-refractivity contribution in [1.29, 1.82) is 0 Å². The number of hydrogen-bond donors (Lipinski definition) is 0. The van der Waals surface area contributed by atoms with E-state index in [1.807, 2.05) is 0 Å². The predicted molar refractivity (Wildman–Crippen MR) is 50.2 cm³/mol. The number of carbonyl (C=O) groups is 1. The van der Waals surface area contributed by atoms with E-state index in [0.717, 1.165) is 0 Å². The molecule has 0 radical (unpaired) electrons. The highest BCUT2D eigenvalue weighted by atomic mass is 16.3. The number of hydrogen-bond acceptors (Lipinski definition) is 4. The molecule has 70 valence electrons. The Bertz CT molecular complexity index is 410. The summed E-state index contributed by atoms with van der Waals surface area (Å²) >= 11 is 0. The van der Waals surface area contributed by atoms with Gasteiger partial charge in [0.05, 0.1) is 6.54 Å². The Kier molecular flexibility index (Phi) is 3.34. The van der Waals surface area contributed by atoms with Crippen LogP contribution in [0.3, 0.4) is 0 Å². The van der Waals surface area contributed by atoms with Crippen LogP contribution in [0.5, 0.6) is 0 Å². The smallest absolute Gasteiger partial charge is 0.170 e. The molecule has 0 spiro atoms. The lowest BCUT2D eigenvalue weighted by Gasteiger charge is -1.98. The van der Waals surface area contributed by atoms with Crippen LogP contribution in [0.25, 0.3) is 10.4 Å². The van der Waals surface area contributed by atoms with Crippen LogP contribution in [0.1, 0.15) is 10.4 Å². The van der Waals surface area contributed by atoms with E-state index in [2.05, 4.69) is 15.2 Å². The van der Waals surface area contributed by atoms with E-state index in [4.69, 9.17) is 5.53 Å². The molecule has 0 aliphatic heterocycles. The summed E-state index contributed by atoms with van der Waals surface area (Å²) < 4.78 is 0. The zero-order valence-corrected chi connectivity index (χ0v) is 7.12. The van der Waals surface area contributed by atoms with Gasteiger partial charge in [-0.2, -0.15) is 0 Å². The van der Waals surface area contributed by atoms with Crippen LogP contribution in [0.2, 0.25) is 0 Å². The molecule has 6 nitrogen and oxygen atoms in total. The molecular weight excluding hydrogens is 184 g/mol. The summed E-state index contributed by atoms with van der Waals surface area (Å²) in [4.78, 5) is 24.1. The molecule has 0 N–H and O–H groups in total. The molecule has 1 aromatic carbocycles. The van der Waals surface area contributed by atoms with Gasteiger partial charge in [-0.3, -0.25) is 4.79 Å². The first-order chi connectivity index (χ1) is 6.79. The number of nitroso groups, excluding NO2 is 1. The maximum Gasteiger partial charge on any atom is 0.170 e. The third kappa shape index (κ3) is 2.15. The van der Waals surface area contributed by atoms with Gasteiger partial charge in [0.2, 0.25) is 0 Å². The second-order valence-corrected chi connectivity index (χ2v) is 2.42. The maximum absolute atomic E-state index is 11.3. The van der Waals surface area contributed by atoms with E-state index >= 15 is 0 Å². The normalized spacial score (nSPS) is 8.86. The Morgan fingerprint density at radius 1 is 1.43 bits per heavy atom. The third-order valence-corrected chi connectivity index (χ3v) is 1.58. The van der Waals surface area contributed by atoms with Gasteiger partial charge in [0.1, 0.15) is 5.69 Å². The van der Waals surface area contributed by atoms with Crippen LogP contribution in [0.15, 0.2) is 34.6 Å². The van der Waals surface area contributed by atoms with Gasteiger partial charge in [0, 0.05) is 10.5 Å². The minimum atomic E-state index is -0.419. The van der Waals surface area contributed by atoms with Gasteiger partial charge in [-0.25, -0.2) is 0 Å². The Hall–Kier alpha value is -2.20. The van der Waals surface area contributed by atoms with Gasteiger partial charge in [-0.15, -0.1) is 4.91 Å².